The molecule has 0 aromatic heterocycles. The van der Waals surface area contributed by atoms with Crippen molar-refractivity contribution in [3.8, 4) is 0 Å². The summed E-state index contributed by atoms with van der Waals surface area (Å²) in [5.74, 6) is -0.532. The first kappa shape index (κ1) is 69.7. The van der Waals surface area contributed by atoms with Crippen LogP contribution >= 0.6 is 7.82 Å². The lowest BCUT2D eigenvalue weighted by atomic mass is 10.0. The SMILES string of the molecule is CCCCC/C=C\C/C=C\C/C=C\CCCCCCC(=O)OC(/C=C/CCCCCCCCCCCC)C(COP(=O)(O)OCC[N+](C)(C)C)NC(=O)CCCCCCCCC/C=C/CCCCCCCC. The van der Waals surface area contributed by atoms with Gasteiger partial charge in [0.05, 0.1) is 33.8 Å². The number of hydrogen-bond acceptors (Lipinski definition) is 6. The molecule has 0 aromatic rings. The highest BCUT2D eigenvalue weighted by molar-refractivity contribution is 7.47. The third-order valence-corrected chi connectivity index (χ3v) is 14.2. The van der Waals surface area contributed by atoms with Crippen molar-refractivity contribution in [2.45, 2.75) is 283 Å². The highest BCUT2D eigenvalue weighted by Gasteiger charge is 2.30. The predicted molar refractivity (Wildman–Crippen MR) is 309 cm³/mol. The number of unbranched alkanes of at least 4 members (excludes halogenated alkanes) is 30. The molecule has 0 aromatic carbocycles. The van der Waals surface area contributed by atoms with E-state index in [-0.39, 0.29) is 31.5 Å². The summed E-state index contributed by atoms with van der Waals surface area (Å²) < 4.78 is 30.6. The van der Waals surface area contributed by atoms with Crippen molar-refractivity contribution in [1.82, 2.24) is 5.32 Å². The van der Waals surface area contributed by atoms with Gasteiger partial charge in [0, 0.05) is 12.8 Å². The summed E-state index contributed by atoms with van der Waals surface area (Å²) >= 11 is 0. The zero-order valence-electron chi connectivity index (χ0n) is 47.9. The number of likely N-dealkylation sites (N-methyl/N-ethyl adjacent to an activating group) is 1. The van der Waals surface area contributed by atoms with Crippen molar-refractivity contribution in [1.29, 1.82) is 0 Å². The van der Waals surface area contributed by atoms with Gasteiger partial charge in [-0.2, -0.15) is 0 Å². The van der Waals surface area contributed by atoms with E-state index in [0.29, 0.717) is 23.9 Å². The van der Waals surface area contributed by atoms with Gasteiger partial charge < -0.3 is 19.4 Å². The molecular formula is C62H116N2O7P+. The first-order chi connectivity index (χ1) is 34.9. The molecule has 0 aliphatic carbocycles. The lowest BCUT2D eigenvalue weighted by molar-refractivity contribution is -0.870. The predicted octanol–water partition coefficient (Wildman–Crippen LogP) is 18.3. The van der Waals surface area contributed by atoms with E-state index in [1.54, 1.807) is 0 Å². The first-order valence-corrected chi connectivity index (χ1v) is 31.6. The number of nitrogens with one attached hydrogen (secondary N) is 1. The molecule has 0 saturated heterocycles. The molecule has 0 spiro atoms. The Morgan fingerprint density at radius 3 is 1.31 bits per heavy atom. The van der Waals surface area contributed by atoms with E-state index in [4.69, 9.17) is 13.8 Å². The molecular weight excluding hydrogens is 916 g/mol. The molecule has 0 saturated carbocycles. The summed E-state index contributed by atoms with van der Waals surface area (Å²) in [6, 6.07) is -0.860. The number of carbonyl (C=O) groups excluding carboxylic acids is 2. The van der Waals surface area contributed by atoms with Gasteiger partial charge in [-0.1, -0.05) is 223 Å². The van der Waals surface area contributed by atoms with Crippen LogP contribution in [0.4, 0.5) is 0 Å². The maximum Gasteiger partial charge on any atom is 0.472 e. The van der Waals surface area contributed by atoms with Crippen LogP contribution in [0.25, 0.3) is 0 Å². The average Bonchev–Trinajstić information content (AvgIpc) is 3.34. The van der Waals surface area contributed by atoms with Crippen molar-refractivity contribution in [3.05, 3.63) is 60.8 Å². The molecule has 0 bridgehead atoms. The molecule has 72 heavy (non-hydrogen) atoms. The lowest BCUT2D eigenvalue weighted by Crippen LogP contribution is -2.47. The van der Waals surface area contributed by atoms with Crippen LogP contribution in [0, 0.1) is 0 Å². The highest BCUT2D eigenvalue weighted by Crippen LogP contribution is 2.43. The maximum atomic E-state index is 13.5. The summed E-state index contributed by atoms with van der Waals surface area (Å²) in [5, 5.41) is 3.05. The van der Waals surface area contributed by atoms with Gasteiger partial charge in [0.15, 0.2) is 0 Å². The van der Waals surface area contributed by atoms with Gasteiger partial charge in [-0.25, -0.2) is 4.57 Å². The average molecular weight is 1030 g/mol. The second-order valence-electron chi connectivity index (χ2n) is 21.5. The molecule has 0 heterocycles. The van der Waals surface area contributed by atoms with Gasteiger partial charge in [0.2, 0.25) is 5.91 Å². The molecule has 0 fully saturated rings. The van der Waals surface area contributed by atoms with Gasteiger partial charge in [-0.05, 0) is 96.0 Å². The Kier molecular flexibility index (Phi) is 50.5. The molecule has 0 aliphatic rings. The number of carbonyl (C=O) groups is 2. The van der Waals surface area contributed by atoms with Gasteiger partial charge >= 0.3 is 13.8 Å². The van der Waals surface area contributed by atoms with Crippen molar-refractivity contribution in [3.63, 3.8) is 0 Å². The van der Waals surface area contributed by atoms with Crippen molar-refractivity contribution in [2.24, 2.45) is 0 Å². The molecule has 10 heteroatoms. The number of hydrogen-bond donors (Lipinski definition) is 2. The third kappa shape index (κ3) is 52.6. The van der Waals surface area contributed by atoms with E-state index in [0.717, 1.165) is 89.9 Å². The second-order valence-corrected chi connectivity index (χ2v) is 23.0. The zero-order chi connectivity index (χ0) is 52.9. The number of phosphoric acid groups is 1. The van der Waals surface area contributed by atoms with Gasteiger partial charge in [0.25, 0.3) is 0 Å². The Morgan fingerprint density at radius 2 is 0.847 bits per heavy atom. The fourth-order valence-corrected chi connectivity index (χ4v) is 9.21. The van der Waals surface area contributed by atoms with Crippen LogP contribution in [0.3, 0.4) is 0 Å². The van der Waals surface area contributed by atoms with E-state index in [9.17, 15) is 19.0 Å². The molecule has 0 radical (unpaired) electrons. The van der Waals surface area contributed by atoms with Crippen molar-refractivity contribution in [2.75, 3.05) is 40.9 Å². The number of esters is 1. The number of rotatable bonds is 54. The van der Waals surface area contributed by atoms with Gasteiger partial charge in [0.1, 0.15) is 19.3 Å². The number of allylic oxidation sites excluding steroid dienone is 9. The normalized spacial score (nSPS) is 14.2. The molecule has 1 amide bonds. The van der Waals surface area contributed by atoms with Crippen molar-refractivity contribution >= 4 is 19.7 Å². The van der Waals surface area contributed by atoms with E-state index in [1.165, 1.54) is 141 Å². The number of amides is 1. The number of nitrogens with zero attached hydrogens (tertiary/aromatic N) is 1. The minimum Gasteiger partial charge on any atom is -0.456 e. The van der Waals surface area contributed by atoms with Crippen LogP contribution in [-0.2, 0) is 27.9 Å². The first-order valence-electron chi connectivity index (χ1n) is 30.1. The van der Waals surface area contributed by atoms with Crippen LogP contribution in [0.15, 0.2) is 60.8 Å². The van der Waals surface area contributed by atoms with Crippen LogP contribution in [0.1, 0.15) is 271 Å². The number of phosphoric ester groups is 1. The minimum atomic E-state index is -4.45. The summed E-state index contributed by atoms with van der Waals surface area (Å²) in [5.41, 5.74) is 0. The molecule has 3 atom stereocenters. The Hall–Kier alpha value is -2.29. The standard InChI is InChI=1S/C62H115N2O7P/c1-7-10-13-16-19-22-25-28-30-32-34-36-39-42-45-48-51-54-61(65)63-59(58-70-72(67,68)69-57-56-64(4,5)6)60(53-50-47-44-41-38-27-24-21-18-15-12-9-3)71-62(66)55-52-49-46-43-40-37-35-33-31-29-26-23-20-17-14-11-8-2/h20,23,28-31,35,37,50,53,59-60H,7-19,21-22,24-27,32-34,36,38-49,51-52,54-58H2,1-6H3,(H-,63,65,67,68)/p+1/b23-20-,30-28+,31-29-,37-35-,53-50+. The monoisotopic (exact) mass is 1030 g/mol. The highest BCUT2D eigenvalue weighted by atomic mass is 31.2. The Bertz CT molecular complexity index is 1420. The molecule has 420 valence electrons. The van der Waals surface area contributed by atoms with E-state index < -0.39 is 20.0 Å². The second kappa shape index (κ2) is 52.2. The molecule has 2 N–H and O–H groups in total. The number of quaternary nitrogens is 1. The van der Waals surface area contributed by atoms with Gasteiger partial charge in [-0.3, -0.25) is 18.6 Å². The maximum absolute atomic E-state index is 13.5. The molecule has 9 nitrogen and oxygen atoms in total. The summed E-state index contributed by atoms with van der Waals surface area (Å²) in [4.78, 5) is 37.6. The Morgan fingerprint density at radius 1 is 0.486 bits per heavy atom. The quantitative estimate of drug-likeness (QED) is 0.0205. The fourth-order valence-electron chi connectivity index (χ4n) is 8.47. The van der Waals surface area contributed by atoms with Crippen molar-refractivity contribution < 1.29 is 37.3 Å². The summed E-state index contributed by atoms with van der Waals surface area (Å²) in [6.45, 7) is 6.97. The molecule has 0 aliphatic heterocycles. The summed E-state index contributed by atoms with van der Waals surface area (Å²) in [6.07, 6.45) is 64.9. The van der Waals surface area contributed by atoms with Crippen LogP contribution < -0.4 is 5.32 Å². The largest absolute Gasteiger partial charge is 0.472 e. The molecule has 0 rings (SSSR count). The Balaban J connectivity index is 5.35. The van der Waals surface area contributed by atoms with Crippen LogP contribution in [0.2, 0.25) is 0 Å². The van der Waals surface area contributed by atoms with E-state index >= 15 is 0 Å². The topological polar surface area (TPSA) is 111 Å². The van der Waals surface area contributed by atoms with Crippen LogP contribution in [0.5, 0.6) is 0 Å². The minimum absolute atomic E-state index is 0.0346. The van der Waals surface area contributed by atoms with Gasteiger partial charge in [-0.15, -0.1) is 0 Å². The molecule has 3 unspecified atom stereocenters. The Labute approximate surface area is 445 Å². The van der Waals surface area contributed by atoms with E-state index in [1.807, 2.05) is 33.3 Å². The van der Waals surface area contributed by atoms with E-state index in [2.05, 4.69) is 74.7 Å². The zero-order valence-corrected chi connectivity index (χ0v) is 48.8. The smallest absolute Gasteiger partial charge is 0.456 e. The lowest BCUT2D eigenvalue weighted by Gasteiger charge is -2.27. The fraction of sp³-hybridized carbons (Fsp3) is 0.806. The summed E-state index contributed by atoms with van der Waals surface area (Å²) in [7, 11) is 1.48. The van der Waals surface area contributed by atoms with Crippen LogP contribution in [-0.4, -0.2) is 74.3 Å². The number of ether oxygens (including phenoxy) is 1. The third-order valence-electron chi connectivity index (χ3n) is 13.2.